The molecule has 0 radical (unpaired) electrons. The monoisotopic (exact) mass is 225 g/mol. The summed E-state index contributed by atoms with van der Waals surface area (Å²) in [4.78, 5) is 16.0. The van der Waals surface area contributed by atoms with Crippen molar-refractivity contribution in [2.24, 2.45) is 0 Å². The number of carbonyl (C=O) groups excluding carboxylic acids is 1. The SMILES string of the molecule is CC(C#N)NC(=O)c1nccc2ccccc12. The Morgan fingerprint density at radius 3 is 2.94 bits per heavy atom. The Hall–Kier alpha value is -2.41. The summed E-state index contributed by atoms with van der Waals surface area (Å²) >= 11 is 0. The highest BCUT2D eigenvalue weighted by atomic mass is 16.1. The minimum atomic E-state index is -0.525. The van der Waals surface area contributed by atoms with Crippen molar-refractivity contribution in [2.75, 3.05) is 0 Å². The van der Waals surface area contributed by atoms with Gasteiger partial charge in [-0.2, -0.15) is 5.26 Å². The van der Waals surface area contributed by atoms with E-state index < -0.39 is 6.04 Å². The standard InChI is InChI=1S/C13H11N3O/c1-9(8-14)16-13(17)12-11-5-3-2-4-10(11)6-7-15-12/h2-7,9H,1H3,(H,16,17). The fraction of sp³-hybridized carbons (Fsp3) is 0.154. The molecule has 1 aromatic heterocycles. The van der Waals surface area contributed by atoms with Gasteiger partial charge < -0.3 is 5.32 Å². The molecular formula is C13H11N3O. The lowest BCUT2D eigenvalue weighted by atomic mass is 10.1. The topological polar surface area (TPSA) is 65.8 Å². The first-order valence-electron chi connectivity index (χ1n) is 5.26. The second-order valence-electron chi connectivity index (χ2n) is 3.70. The Labute approximate surface area is 98.9 Å². The quantitative estimate of drug-likeness (QED) is 0.848. The highest BCUT2D eigenvalue weighted by Crippen LogP contribution is 2.16. The van der Waals surface area contributed by atoms with Crippen molar-refractivity contribution in [2.45, 2.75) is 13.0 Å². The largest absolute Gasteiger partial charge is 0.335 e. The lowest BCUT2D eigenvalue weighted by Gasteiger charge is -2.07. The molecule has 1 unspecified atom stereocenters. The fourth-order valence-corrected chi connectivity index (χ4v) is 1.60. The van der Waals surface area contributed by atoms with Crippen molar-refractivity contribution >= 4 is 16.7 Å². The van der Waals surface area contributed by atoms with Gasteiger partial charge in [-0.05, 0) is 18.4 Å². The molecule has 0 aliphatic heterocycles. The van der Waals surface area contributed by atoms with E-state index in [0.29, 0.717) is 5.69 Å². The van der Waals surface area contributed by atoms with E-state index in [1.807, 2.05) is 36.4 Å². The second kappa shape index (κ2) is 4.62. The zero-order valence-electron chi connectivity index (χ0n) is 9.34. The third-order valence-corrected chi connectivity index (χ3v) is 2.43. The molecule has 1 heterocycles. The van der Waals surface area contributed by atoms with Crippen molar-refractivity contribution in [1.29, 1.82) is 5.26 Å². The van der Waals surface area contributed by atoms with Crippen LogP contribution in [0.25, 0.3) is 10.8 Å². The first kappa shape index (κ1) is 11.1. The maximum atomic E-state index is 11.9. The molecule has 17 heavy (non-hydrogen) atoms. The number of carbonyl (C=O) groups is 1. The van der Waals surface area contributed by atoms with Crippen LogP contribution in [0.5, 0.6) is 0 Å². The molecule has 4 nitrogen and oxygen atoms in total. The van der Waals surface area contributed by atoms with Crippen LogP contribution in [-0.4, -0.2) is 16.9 Å². The molecule has 2 aromatic rings. The van der Waals surface area contributed by atoms with Gasteiger partial charge in [-0.1, -0.05) is 24.3 Å². The summed E-state index contributed by atoms with van der Waals surface area (Å²) in [5, 5.41) is 13.0. The highest BCUT2D eigenvalue weighted by Gasteiger charge is 2.13. The third-order valence-electron chi connectivity index (χ3n) is 2.43. The van der Waals surface area contributed by atoms with E-state index in [-0.39, 0.29) is 5.91 Å². The van der Waals surface area contributed by atoms with Crippen LogP contribution in [0.4, 0.5) is 0 Å². The molecule has 0 fully saturated rings. The summed E-state index contributed by atoms with van der Waals surface area (Å²) in [6, 6.07) is 10.8. The number of rotatable bonds is 2. The molecule has 0 spiro atoms. The Morgan fingerprint density at radius 2 is 2.18 bits per heavy atom. The lowest BCUT2D eigenvalue weighted by molar-refractivity contribution is 0.0944. The normalized spacial score (nSPS) is 11.8. The predicted molar refractivity (Wildman–Crippen MR) is 64.3 cm³/mol. The summed E-state index contributed by atoms with van der Waals surface area (Å²) in [6.45, 7) is 1.63. The van der Waals surface area contributed by atoms with Crippen LogP contribution < -0.4 is 5.32 Å². The molecule has 0 bridgehead atoms. The van der Waals surface area contributed by atoms with E-state index in [2.05, 4.69) is 10.3 Å². The zero-order chi connectivity index (χ0) is 12.3. The van der Waals surface area contributed by atoms with Crippen molar-refractivity contribution < 1.29 is 4.79 Å². The van der Waals surface area contributed by atoms with Crippen molar-refractivity contribution in [3.05, 3.63) is 42.2 Å². The van der Waals surface area contributed by atoms with Crippen molar-refractivity contribution in [3.63, 3.8) is 0 Å². The van der Waals surface area contributed by atoms with Crippen LogP contribution >= 0.6 is 0 Å². The first-order chi connectivity index (χ1) is 8.22. The first-order valence-corrected chi connectivity index (χ1v) is 5.26. The zero-order valence-corrected chi connectivity index (χ0v) is 9.34. The number of hydrogen-bond acceptors (Lipinski definition) is 3. The molecule has 0 aliphatic rings. The van der Waals surface area contributed by atoms with Gasteiger partial charge in [-0.3, -0.25) is 9.78 Å². The maximum Gasteiger partial charge on any atom is 0.271 e. The molecule has 0 aliphatic carbocycles. The van der Waals surface area contributed by atoms with Gasteiger partial charge in [0.25, 0.3) is 5.91 Å². The van der Waals surface area contributed by atoms with Gasteiger partial charge in [-0.15, -0.1) is 0 Å². The van der Waals surface area contributed by atoms with Crippen LogP contribution in [0, 0.1) is 11.3 Å². The Kier molecular flexibility index (Phi) is 3.01. The fourth-order valence-electron chi connectivity index (χ4n) is 1.60. The Bertz CT molecular complexity index is 596. The van der Waals surface area contributed by atoms with Crippen LogP contribution in [0.2, 0.25) is 0 Å². The number of benzene rings is 1. The average Bonchev–Trinajstić information content (AvgIpc) is 2.37. The number of amides is 1. The number of fused-ring (bicyclic) bond motifs is 1. The van der Waals surface area contributed by atoms with Gasteiger partial charge >= 0.3 is 0 Å². The molecular weight excluding hydrogens is 214 g/mol. The number of nitrogens with zero attached hydrogens (tertiary/aromatic N) is 2. The van der Waals surface area contributed by atoms with E-state index in [1.165, 1.54) is 0 Å². The molecule has 84 valence electrons. The van der Waals surface area contributed by atoms with Gasteiger partial charge in [0.05, 0.1) is 6.07 Å². The summed E-state index contributed by atoms with van der Waals surface area (Å²) in [7, 11) is 0. The third kappa shape index (κ3) is 2.23. The molecule has 4 heteroatoms. The van der Waals surface area contributed by atoms with E-state index in [9.17, 15) is 4.79 Å². The van der Waals surface area contributed by atoms with Crippen molar-refractivity contribution in [1.82, 2.24) is 10.3 Å². The summed E-state index contributed by atoms with van der Waals surface area (Å²) in [5.74, 6) is -0.323. The molecule has 2 rings (SSSR count). The summed E-state index contributed by atoms with van der Waals surface area (Å²) in [6.07, 6.45) is 1.59. The van der Waals surface area contributed by atoms with E-state index in [0.717, 1.165) is 10.8 Å². The van der Waals surface area contributed by atoms with E-state index in [1.54, 1.807) is 13.1 Å². The molecule has 0 saturated heterocycles. The molecule has 1 amide bonds. The number of hydrogen-bond donors (Lipinski definition) is 1. The van der Waals surface area contributed by atoms with Crippen molar-refractivity contribution in [3.8, 4) is 6.07 Å². The average molecular weight is 225 g/mol. The Morgan fingerprint density at radius 1 is 1.41 bits per heavy atom. The van der Waals surface area contributed by atoms with Gasteiger partial charge in [0.15, 0.2) is 0 Å². The molecule has 1 atom stereocenters. The van der Waals surface area contributed by atoms with Crippen LogP contribution in [-0.2, 0) is 0 Å². The van der Waals surface area contributed by atoms with E-state index >= 15 is 0 Å². The van der Waals surface area contributed by atoms with Gasteiger partial charge in [0.2, 0.25) is 0 Å². The number of aromatic nitrogens is 1. The van der Waals surface area contributed by atoms with Gasteiger partial charge in [-0.25, -0.2) is 0 Å². The number of nitrogens with one attached hydrogen (secondary N) is 1. The number of pyridine rings is 1. The van der Waals surface area contributed by atoms with E-state index in [4.69, 9.17) is 5.26 Å². The van der Waals surface area contributed by atoms with Crippen LogP contribution in [0.1, 0.15) is 17.4 Å². The van der Waals surface area contributed by atoms with Gasteiger partial charge in [0.1, 0.15) is 11.7 Å². The highest BCUT2D eigenvalue weighted by molar-refractivity contribution is 6.05. The van der Waals surface area contributed by atoms with Crippen LogP contribution in [0.15, 0.2) is 36.5 Å². The minimum Gasteiger partial charge on any atom is -0.335 e. The molecule has 0 saturated carbocycles. The predicted octanol–water partition coefficient (Wildman–Crippen LogP) is 1.88. The smallest absolute Gasteiger partial charge is 0.271 e. The number of nitriles is 1. The Balaban J connectivity index is 2.42. The van der Waals surface area contributed by atoms with Gasteiger partial charge in [0, 0.05) is 11.6 Å². The summed E-state index contributed by atoms with van der Waals surface area (Å²) in [5.41, 5.74) is 0.352. The minimum absolute atomic E-state index is 0.323. The summed E-state index contributed by atoms with van der Waals surface area (Å²) < 4.78 is 0. The second-order valence-corrected chi connectivity index (χ2v) is 3.70. The molecule has 1 aromatic carbocycles. The molecule has 1 N–H and O–H groups in total. The lowest BCUT2D eigenvalue weighted by Crippen LogP contribution is -2.32. The maximum absolute atomic E-state index is 11.9. The van der Waals surface area contributed by atoms with Crippen LogP contribution in [0.3, 0.4) is 0 Å².